The Hall–Kier alpha value is -0.920. The first-order valence-corrected chi connectivity index (χ1v) is 7.87. The van der Waals surface area contributed by atoms with Crippen molar-refractivity contribution in [2.75, 3.05) is 6.54 Å². The van der Waals surface area contributed by atoms with Crippen LogP contribution in [0.4, 0.5) is 0 Å². The van der Waals surface area contributed by atoms with Gasteiger partial charge in [0, 0.05) is 16.8 Å². The highest BCUT2D eigenvalue weighted by molar-refractivity contribution is 7.91. The summed E-state index contributed by atoms with van der Waals surface area (Å²) in [5.41, 5.74) is -0.415. The lowest BCUT2D eigenvalue weighted by Crippen LogP contribution is -2.35. The molecule has 1 amide bonds. The normalized spacial score (nSPS) is 12.4. The zero-order valence-electron chi connectivity index (χ0n) is 10.7. The molecule has 0 fully saturated rings. The molecule has 3 N–H and O–H groups in total. The van der Waals surface area contributed by atoms with Crippen molar-refractivity contribution in [2.45, 2.75) is 31.4 Å². The molecule has 1 rings (SSSR count). The van der Waals surface area contributed by atoms with Gasteiger partial charge in [0.1, 0.15) is 4.21 Å². The highest BCUT2D eigenvalue weighted by Crippen LogP contribution is 2.20. The Morgan fingerprint density at radius 3 is 2.44 bits per heavy atom. The Balaban J connectivity index is 2.51. The predicted molar refractivity (Wildman–Crippen MR) is 71.9 cm³/mol. The van der Waals surface area contributed by atoms with E-state index in [1.54, 1.807) is 6.07 Å². The molecular weight excluding hydrogens is 272 g/mol. The van der Waals surface area contributed by atoms with E-state index < -0.39 is 15.4 Å². The molecule has 1 heterocycles. The third kappa shape index (κ3) is 4.40. The summed E-state index contributed by atoms with van der Waals surface area (Å²) in [5.74, 6) is -0.0225. The average Bonchev–Trinajstić information content (AvgIpc) is 2.64. The summed E-state index contributed by atoms with van der Waals surface area (Å²) in [7, 11) is -3.62. The van der Waals surface area contributed by atoms with Crippen LogP contribution in [-0.2, 0) is 21.2 Å². The third-order valence-corrected chi connectivity index (χ3v) is 4.84. The van der Waals surface area contributed by atoms with E-state index in [-0.39, 0.29) is 10.1 Å². The van der Waals surface area contributed by atoms with Crippen LogP contribution in [0, 0.1) is 5.41 Å². The summed E-state index contributed by atoms with van der Waals surface area (Å²) < 4.78 is 22.3. The van der Waals surface area contributed by atoms with E-state index in [1.807, 2.05) is 20.8 Å². The van der Waals surface area contributed by atoms with E-state index >= 15 is 0 Å². The van der Waals surface area contributed by atoms with Crippen LogP contribution in [0.25, 0.3) is 0 Å². The van der Waals surface area contributed by atoms with Gasteiger partial charge in [0.05, 0.1) is 0 Å². The van der Waals surface area contributed by atoms with Crippen LogP contribution in [0.5, 0.6) is 0 Å². The lowest BCUT2D eigenvalue weighted by molar-refractivity contribution is -0.128. The fourth-order valence-corrected chi connectivity index (χ4v) is 2.99. The van der Waals surface area contributed by atoms with E-state index in [1.165, 1.54) is 6.07 Å². The number of rotatable bonds is 4. The molecule has 0 aliphatic heterocycles. The van der Waals surface area contributed by atoms with Crippen LogP contribution >= 0.6 is 11.3 Å². The summed E-state index contributed by atoms with van der Waals surface area (Å²) in [4.78, 5) is 12.5. The number of sulfonamides is 1. The fourth-order valence-electron chi connectivity index (χ4n) is 1.21. The topological polar surface area (TPSA) is 89.3 Å². The summed E-state index contributed by atoms with van der Waals surface area (Å²) in [6.45, 7) is 6.01. The van der Waals surface area contributed by atoms with Gasteiger partial charge >= 0.3 is 0 Å². The predicted octanol–water partition coefficient (Wildman–Crippen LogP) is 1.10. The molecule has 0 bridgehead atoms. The molecular formula is C11H18N2O3S2. The first-order valence-electron chi connectivity index (χ1n) is 5.50. The number of nitrogens with one attached hydrogen (secondary N) is 1. The molecule has 7 heteroatoms. The number of primary sulfonamides is 1. The van der Waals surface area contributed by atoms with Gasteiger partial charge in [-0.25, -0.2) is 13.6 Å². The van der Waals surface area contributed by atoms with Gasteiger partial charge in [0.15, 0.2) is 0 Å². The molecule has 5 nitrogen and oxygen atoms in total. The van der Waals surface area contributed by atoms with Crippen molar-refractivity contribution in [3.05, 3.63) is 17.0 Å². The lowest BCUT2D eigenvalue weighted by atomic mass is 9.96. The molecule has 0 unspecified atom stereocenters. The smallest absolute Gasteiger partial charge is 0.247 e. The number of thiophene rings is 1. The number of hydrogen-bond acceptors (Lipinski definition) is 4. The van der Waals surface area contributed by atoms with Crippen molar-refractivity contribution in [1.29, 1.82) is 0 Å². The second-order valence-corrected chi connectivity index (χ2v) is 7.98. The van der Waals surface area contributed by atoms with E-state index in [2.05, 4.69) is 5.32 Å². The zero-order chi connectivity index (χ0) is 14.0. The van der Waals surface area contributed by atoms with Gasteiger partial charge in [0.2, 0.25) is 15.9 Å². The Bertz CT molecular complexity index is 527. The molecule has 0 atom stereocenters. The van der Waals surface area contributed by atoms with Gasteiger partial charge in [-0.1, -0.05) is 20.8 Å². The Morgan fingerprint density at radius 2 is 2.00 bits per heavy atom. The van der Waals surface area contributed by atoms with Crippen LogP contribution in [0.2, 0.25) is 0 Å². The number of nitrogens with two attached hydrogens (primary N) is 1. The van der Waals surface area contributed by atoms with Crippen LogP contribution in [0.1, 0.15) is 25.6 Å². The number of carbonyl (C=O) groups excluding carboxylic acids is 1. The molecule has 0 saturated heterocycles. The first-order chi connectivity index (χ1) is 8.10. The maximum Gasteiger partial charge on any atom is 0.247 e. The Morgan fingerprint density at radius 1 is 1.39 bits per heavy atom. The number of hydrogen-bond donors (Lipinski definition) is 2. The van der Waals surface area contributed by atoms with Crippen LogP contribution in [-0.4, -0.2) is 20.9 Å². The molecule has 18 heavy (non-hydrogen) atoms. The van der Waals surface area contributed by atoms with E-state index in [9.17, 15) is 13.2 Å². The average molecular weight is 290 g/mol. The van der Waals surface area contributed by atoms with Crippen LogP contribution < -0.4 is 10.5 Å². The minimum atomic E-state index is -3.62. The second kappa shape index (κ2) is 5.38. The van der Waals surface area contributed by atoms with Crippen LogP contribution in [0.3, 0.4) is 0 Å². The van der Waals surface area contributed by atoms with Gasteiger partial charge in [-0.05, 0) is 18.6 Å². The molecule has 0 aliphatic carbocycles. The molecule has 0 aliphatic rings. The third-order valence-electron chi connectivity index (χ3n) is 2.26. The fraction of sp³-hybridized carbons (Fsp3) is 0.545. The van der Waals surface area contributed by atoms with Gasteiger partial charge < -0.3 is 5.32 Å². The molecule has 102 valence electrons. The summed E-state index contributed by atoms with van der Waals surface area (Å²) in [6, 6.07) is 3.20. The summed E-state index contributed by atoms with van der Waals surface area (Å²) in [6.07, 6.45) is 0.599. The van der Waals surface area contributed by atoms with E-state index in [0.29, 0.717) is 13.0 Å². The van der Waals surface area contributed by atoms with Crippen molar-refractivity contribution >= 4 is 27.3 Å². The van der Waals surface area contributed by atoms with Crippen LogP contribution in [0.15, 0.2) is 16.3 Å². The molecule has 1 aromatic heterocycles. The summed E-state index contributed by atoms with van der Waals surface area (Å²) >= 11 is 1.13. The quantitative estimate of drug-likeness (QED) is 0.870. The van der Waals surface area contributed by atoms with Crippen molar-refractivity contribution in [2.24, 2.45) is 10.6 Å². The SMILES string of the molecule is CC(C)(C)C(=O)NCCc1ccc(S(N)(=O)=O)s1. The van der Waals surface area contributed by atoms with Crippen molar-refractivity contribution in [3.8, 4) is 0 Å². The molecule has 0 spiro atoms. The largest absolute Gasteiger partial charge is 0.355 e. The van der Waals surface area contributed by atoms with Gasteiger partial charge in [-0.15, -0.1) is 11.3 Å². The standard InChI is InChI=1S/C11H18N2O3S2/c1-11(2,3)10(14)13-7-6-8-4-5-9(17-8)18(12,15)16/h4-5H,6-7H2,1-3H3,(H,13,14)(H2,12,15,16). The molecule has 0 saturated carbocycles. The lowest BCUT2D eigenvalue weighted by Gasteiger charge is -2.17. The highest BCUT2D eigenvalue weighted by Gasteiger charge is 2.20. The zero-order valence-corrected chi connectivity index (χ0v) is 12.3. The first kappa shape index (κ1) is 15.1. The van der Waals surface area contributed by atoms with Crippen molar-refractivity contribution in [3.63, 3.8) is 0 Å². The Labute approximate surface area is 111 Å². The van der Waals surface area contributed by atoms with Gasteiger partial charge in [-0.3, -0.25) is 4.79 Å². The second-order valence-electron chi connectivity index (χ2n) is 5.02. The van der Waals surface area contributed by atoms with Gasteiger partial charge in [0.25, 0.3) is 0 Å². The monoisotopic (exact) mass is 290 g/mol. The minimum absolute atomic E-state index is 0.0225. The number of carbonyl (C=O) groups is 1. The molecule has 0 radical (unpaired) electrons. The molecule has 1 aromatic rings. The van der Waals surface area contributed by atoms with Crippen molar-refractivity contribution in [1.82, 2.24) is 5.32 Å². The van der Waals surface area contributed by atoms with Crippen molar-refractivity contribution < 1.29 is 13.2 Å². The van der Waals surface area contributed by atoms with Gasteiger partial charge in [-0.2, -0.15) is 0 Å². The minimum Gasteiger partial charge on any atom is -0.355 e. The highest BCUT2D eigenvalue weighted by atomic mass is 32.2. The maximum atomic E-state index is 11.6. The van der Waals surface area contributed by atoms with E-state index in [0.717, 1.165) is 16.2 Å². The molecule has 0 aromatic carbocycles. The van der Waals surface area contributed by atoms with E-state index in [4.69, 9.17) is 5.14 Å². The Kier molecular flexibility index (Phi) is 4.52. The number of amides is 1. The summed E-state index contributed by atoms with van der Waals surface area (Å²) in [5, 5.41) is 7.82. The maximum absolute atomic E-state index is 11.6.